The Hall–Kier alpha value is -1.62. The Bertz CT molecular complexity index is 491. The summed E-state index contributed by atoms with van der Waals surface area (Å²) in [5, 5.41) is 9.21. The lowest BCUT2D eigenvalue weighted by atomic mass is 9.82. The van der Waals surface area contributed by atoms with E-state index in [9.17, 15) is 14.7 Å². The summed E-state index contributed by atoms with van der Waals surface area (Å²) >= 11 is 0. The minimum Gasteiger partial charge on any atom is -0.393 e. The third-order valence-corrected chi connectivity index (χ3v) is 3.63. The molecule has 0 aromatic carbocycles. The highest BCUT2D eigenvalue weighted by Gasteiger charge is 2.28. The van der Waals surface area contributed by atoms with Crippen LogP contribution in [0.1, 0.15) is 19.3 Å². The van der Waals surface area contributed by atoms with Gasteiger partial charge in [-0.1, -0.05) is 6.07 Å². The standard InChI is InChI=1S/C14H20N2O3/c1-15(10-11-8-12(17)9-11)13(18)5-7-16-6-3-2-4-14(16)19/h2-4,6,11-12,17H,5,7-10H2,1H3. The predicted molar refractivity (Wildman–Crippen MR) is 71.7 cm³/mol. The van der Waals surface area contributed by atoms with E-state index in [0.717, 1.165) is 12.8 Å². The SMILES string of the molecule is CN(CC1CC(O)C1)C(=O)CCn1ccccc1=O. The van der Waals surface area contributed by atoms with Crippen LogP contribution in [0.25, 0.3) is 0 Å². The fourth-order valence-electron chi connectivity index (χ4n) is 2.39. The molecule has 104 valence electrons. The van der Waals surface area contributed by atoms with Gasteiger partial charge in [-0.15, -0.1) is 0 Å². The van der Waals surface area contributed by atoms with Gasteiger partial charge in [-0.25, -0.2) is 0 Å². The molecule has 5 heteroatoms. The Morgan fingerprint density at radius 2 is 2.21 bits per heavy atom. The molecule has 1 amide bonds. The van der Waals surface area contributed by atoms with E-state index in [1.54, 1.807) is 34.8 Å². The molecule has 19 heavy (non-hydrogen) atoms. The Kier molecular flexibility index (Phi) is 4.37. The molecule has 1 aliphatic carbocycles. The lowest BCUT2D eigenvalue weighted by Gasteiger charge is -2.34. The molecule has 1 aromatic rings. The average Bonchev–Trinajstić information content (AvgIpc) is 2.35. The van der Waals surface area contributed by atoms with Crippen molar-refractivity contribution in [3.8, 4) is 0 Å². The van der Waals surface area contributed by atoms with Crippen molar-refractivity contribution >= 4 is 5.91 Å². The van der Waals surface area contributed by atoms with E-state index >= 15 is 0 Å². The first-order chi connectivity index (χ1) is 9.06. The summed E-state index contributed by atoms with van der Waals surface area (Å²) in [6.07, 6.45) is 3.41. The van der Waals surface area contributed by atoms with Crippen LogP contribution in [0.5, 0.6) is 0 Å². The van der Waals surface area contributed by atoms with Gasteiger partial charge in [-0.05, 0) is 24.8 Å². The number of hydrogen-bond acceptors (Lipinski definition) is 3. The monoisotopic (exact) mass is 264 g/mol. The number of aliphatic hydroxyl groups is 1. The van der Waals surface area contributed by atoms with E-state index in [1.165, 1.54) is 6.07 Å². The molecule has 0 unspecified atom stereocenters. The molecule has 5 nitrogen and oxygen atoms in total. The smallest absolute Gasteiger partial charge is 0.250 e. The van der Waals surface area contributed by atoms with E-state index in [2.05, 4.69) is 0 Å². The van der Waals surface area contributed by atoms with Gasteiger partial charge in [0.25, 0.3) is 5.56 Å². The number of nitrogens with zero attached hydrogens (tertiary/aromatic N) is 2. The van der Waals surface area contributed by atoms with E-state index < -0.39 is 0 Å². The number of amides is 1. The number of pyridine rings is 1. The van der Waals surface area contributed by atoms with Gasteiger partial charge in [0.1, 0.15) is 0 Å². The van der Waals surface area contributed by atoms with Gasteiger partial charge in [0.2, 0.25) is 5.91 Å². The third-order valence-electron chi connectivity index (χ3n) is 3.63. The van der Waals surface area contributed by atoms with E-state index in [4.69, 9.17) is 0 Å². The number of carbonyl (C=O) groups is 1. The maximum atomic E-state index is 11.9. The normalized spacial score (nSPS) is 21.8. The zero-order chi connectivity index (χ0) is 13.8. The van der Waals surface area contributed by atoms with Crippen LogP contribution in [0, 0.1) is 5.92 Å². The van der Waals surface area contributed by atoms with Crippen LogP contribution < -0.4 is 5.56 Å². The first kappa shape index (κ1) is 13.8. The van der Waals surface area contributed by atoms with Crippen LogP contribution in [0.4, 0.5) is 0 Å². The molecular weight excluding hydrogens is 244 g/mol. The molecular formula is C14H20N2O3. The van der Waals surface area contributed by atoms with Crippen molar-refractivity contribution in [3.63, 3.8) is 0 Å². The van der Waals surface area contributed by atoms with E-state index in [1.807, 2.05) is 0 Å². The van der Waals surface area contributed by atoms with E-state index in [-0.39, 0.29) is 17.6 Å². The summed E-state index contributed by atoms with van der Waals surface area (Å²) in [5.41, 5.74) is -0.0833. The Balaban J connectivity index is 1.78. The molecule has 1 saturated carbocycles. The molecule has 0 aliphatic heterocycles. The Morgan fingerprint density at radius 1 is 1.47 bits per heavy atom. The molecule has 2 rings (SSSR count). The van der Waals surface area contributed by atoms with Crippen LogP contribution in [0.15, 0.2) is 29.2 Å². The zero-order valence-electron chi connectivity index (χ0n) is 11.2. The van der Waals surface area contributed by atoms with Crippen LogP contribution in [-0.2, 0) is 11.3 Å². The lowest BCUT2D eigenvalue weighted by Crippen LogP contribution is -2.39. The van der Waals surface area contributed by atoms with Gasteiger partial charge < -0.3 is 14.6 Å². The average molecular weight is 264 g/mol. The molecule has 1 N–H and O–H groups in total. The quantitative estimate of drug-likeness (QED) is 0.841. The number of carbonyl (C=O) groups excluding carboxylic acids is 1. The van der Waals surface area contributed by atoms with Crippen LogP contribution in [-0.4, -0.2) is 40.2 Å². The summed E-state index contributed by atoms with van der Waals surface area (Å²) in [6.45, 7) is 1.11. The molecule has 0 spiro atoms. The van der Waals surface area contributed by atoms with Gasteiger partial charge in [-0.3, -0.25) is 9.59 Å². The highest BCUT2D eigenvalue weighted by Crippen LogP contribution is 2.27. The van der Waals surface area contributed by atoms with Gasteiger partial charge in [0.15, 0.2) is 0 Å². The summed E-state index contributed by atoms with van der Waals surface area (Å²) in [5.74, 6) is 0.459. The molecule has 0 bridgehead atoms. The Morgan fingerprint density at radius 3 is 2.84 bits per heavy atom. The maximum absolute atomic E-state index is 11.9. The summed E-state index contributed by atoms with van der Waals surface area (Å²) < 4.78 is 1.54. The Labute approximate surface area is 112 Å². The molecule has 0 radical (unpaired) electrons. The second-order valence-electron chi connectivity index (χ2n) is 5.25. The highest BCUT2D eigenvalue weighted by atomic mass is 16.3. The number of hydrogen-bond donors (Lipinski definition) is 1. The third kappa shape index (κ3) is 3.67. The summed E-state index contributed by atoms with van der Waals surface area (Å²) in [6, 6.07) is 4.96. The molecule has 0 saturated heterocycles. The van der Waals surface area contributed by atoms with Gasteiger partial charge in [-0.2, -0.15) is 0 Å². The molecule has 1 aliphatic rings. The van der Waals surface area contributed by atoms with Crippen molar-refractivity contribution in [2.45, 2.75) is 31.9 Å². The van der Waals surface area contributed by atoms with Crippen molar-refractivity contribution in [2.75, 3.05) is 13.6 Å². The van der Waals surface area contributed by atoms with Crippen molar-refractivity contribution in [1.82, 2.24) is 9.47 Å². The second kappa shape index (κ2) is 6.02. The van der Waals surface area contributed by atoms with Crippen LogP contribution >= 0.6 is 0 Å². The maximum Gasteiger partial charge on any atom is 0.250 e. The van der Waals surface area contributed by atoms with Crippen molar-refractivity contribution in [1.29, 1.82) is 0 Å². The van der Waals surface area contributed by atoms with Gasteiger partial charge in [0.05, 0.1) is 6.10 Å². The number of aromatic nitrogens is 1. The molecule has 1 heterocycles. The topological polar surface area (TPSA) is 62.5 Å². The summed E-state index contributed by atoms with van der Waals surface area (Å²) in [4.78, 5) is 25.1. The minimum atomic E-state index is -0.184. The second-order valence-corrected chi connectivity index (χ2v) is 5.25. The lowest BCUT2D eigenvalue weighted by molar-refractivity contribution is -0.131. The number of aryl methyl sites for hydroxylation is 1. The first-order valence-electron chi connectivity index (χ1n) is 6.63. The van der Waals surface area contributed by atoms with Gasteiger partial charge in [0, 0.05) is 38.8 Å². The van der Waals surface area contributed by atoms with Gasteiger partial charge >= 0.3 is 0 Å². The number of rotatable bonds is 5. The van der Waals surface area contributed by atoms with E-state index in [0.29, 0.717) is 25.4 Å². The zero-order valence-corrected chi connectivity index (χ0v) is 11.2. The number of aliphatic hydroxyl groups excluding tert-OH is 1. The predicted octanol–water partition coefficient (Wildman–Crippen LogP) is 0.468. The van der Waals surface area contributed by atoms with Crippen LogP contribution in [0.3, 0.4) is 0 Å². The van der Waals surface area contributed by atoms with Crippen molar-refractivity contribution in [3.05, 3.63) is 34.7 Å². The minimum absolute atomic E-state index is 0.0390. The molecule has 0 atom stereocenters. The van der Waals surface area contributed by atoms with Crippen molar-refractivity contribution in [2.24, 2.45) is 5.92 Å². The largest absolute Gasteiger partial charge is 0.393 e. The molecule has 1 fully saturated rings. The summed E-state index contributed by atoms with van der Waals surface area (Å²) in [7, 11) is 1.78. The fraction of sp³-hybridized carbons (Fsp3) is 0.571. The molecule has 1 aromatic heterocycles. The first-order valence-corrected chi connectivity index (χ1v) is 6.63. The highest BCUT2D eigenvalue weighted by molar-refractivity contribution is 5.75. The van der Waals surface area contributed by atoms with Crippen LogP contribution in [0.2, 0.25) is 0 Å². The van der Waals surface area contributed by atoms with Crippen molar-refractivity contribution < 1.29 is 9.90 Å². The fourth-order valence-corrected chi connectivity index (χ4v) is 2.39.